The Bertz CT molecular complexity index is 573. The minimum absolute atomic E-state index is 0.0836. The minimum Gasteiger partial charge on any atom is -0.480 e. The number of hydrogen-bond donors (Lipinski definition) is 2. The number of likely N-dealkylation sites (N-methyl/N-ethyl adjacent to an activating group) is 1. The average Bonchev–Trinajstić information content (AvgIpc) is 2.56. The predicted octanol–water partition coefficient (Wildman–Crippen LogP) is 1.28. The summed E-state index contributed by atoms with van der Waals surface area (Å²) < 4.78 is 0. The first kappa shape index (κ1) is 14.4. The molecule has 2 N–H and O–H groups in total. The maximum Gasteiger partial charge on any atom is 0.323 e. The van der Waals surface area contributed by atoms with Gasteiger partial charge in [0.15, 0.2) is 0 Å². The molecule has 106 valence electrons. The van der Waals surface area contributed by atoms with Gasteiger partial charge in [-0.05, 0) is 18.2 Å². The highest BCUT2D eigenvalue weighted by Crippen LogP contribution is 2.31. The van der Waals surface area contributed by atoms with Crippen LogP contribution in [0.2, 0.25) is 0 Å². The smallest absolute Gasteiger partial charge is 0.323 e. The number of amides is 2. The van der Waals surface area contributed by atoms with E-state index in [0.29, 0.717) is 23.4 Å². The number of anilines is 1. The summed E-state index contributed by atoms with van der Waals surface area (Å²) >= 11 is 1.55. The number of rotatable bonds is 3. The van der Waals surface area contributed by atoms with Gasteiger partial charge in [0.2, 0.25) is 5.91 Å². The van der Waals surface area contributed by atoms with Crippen LogP contribution in [0.4, 0.5) is 5.69 Å². The van der Waals surface area contributed by atoms with Crippen LogP contribution in [0.15, 0.2) is 23.1 Å². The number of carboxylic acids is 1. The number of nitrogens with one attached hydrogen (secondary N) is 1. The zero-order valence-electron chi connectivity index (χ0n) is 10.9. The molecule has 2 amide bonds. The zero-order chi connectivity index (χ0) is 14.7. The molecule has 0 bridgehead atoms. The molecule has 0 radical (unpaired) electrons. The molecule has 1 aliphatic heterocycles. The Balaban J connectivity index is 2.24. The maximum atomic E-state index is 12.1. The molecule has 0 fully saturated rings. The van der Waals surface area contributed by atoms with Crippen LogP contribution in [0.1, 0.15) is 16.8 Å². The number of nitrogens with zero attached hydrogens (tertiary/aromatic N) is 1. The summed E-state index contributed by atoms with van der Waals surface area (Å²) in [6.45, 7) is -0.364. The van der Waals surface area contributed by atoms with Crippen molar-refractivity contribution in [3.05, 3.63) is 23.8 Å². The van der Waals surface area contributed by atoms with E-state index in [1.54, 1.807) is 30.0 Å². The molecule has 0 aromatic heterocycles. The standard InChI is InChI=1S/C13H14N2O4S/c1-15(7-12(17)18)13(19)8-2-3-10-9(6-8)14-11(16)4-5-20-10/h2-3,6H,4-5,7H2,1H3,(H,14,16)(H,17,18). The molecule has 0 atom stereocenters. The summed E-state index contributed by atoms with van der Waals surface area (Å²) in [6, 6.07) is 5.00. The first-order valence-corrected chi connectivity index (χ1v) is 7.00. The van der Waals surface area contributed by atoms with Gasteiger partial charge in [0.1, 0.15) is 6.54 Å². The molecule has 0 aliphatic carbocycles. The molecule has 0 saturated heterocycles. The molecule has 1 aromatic rings. The van der Waals surface area contributed by atoms with E-state index in [0.717, 1.165) is 9.80 Å². The highest BCUT2D eigenvalue weighted by atomic mass is 32.2. The highest BCUT2D eigenvalue weighted by Gasteiger charge is 2.18. The van der Waals surface area contributed by atoms with Crippen LogP contribution in [-0.2, 0) is 9.59 Å². The second kappa shape index (κ2) is 5.96. The molecular weight excluding hydrogens is 280 g/mol. The van der Waals surface area contributed by atoms with Crippen LogP contribution in [-0.4, -0.2) is 47.1 Å². The Morgan fingerprint density at radius 1 is 1.45 bits per heavy atom. The van der Waals surface area contributed by atoms with E-state index in [4.69, 9.17) is 5.11 Å². The first-order valence-electron chi connectivity index (χ1n) is 6.01. The fourth-order valence-electron chi connectivity index (χ4n) is 1.85. The molecule has 6 nitrogen and oxygen atoms in total. The highest BCUT2D eigenvalue weighted by molar-refractivity contribution is 7.99. The fraction of sp³-hybridized carbons (Fsp3) is 0.308. The average molecular weight is 294 g/mol. The Morgan fingerprint density at radius 2 is 2.20 bits per heavy atom. The molecule has 0 saturated carbocycles. The Morgan fingerprint density at radius 3 is 2.90 bits per heavy atom. The molecular formula is C13H14N2O4S. The minimum atomic E-state index is -1.07. The zero-order valence-corrected chi connectivity index (χ0v) is 11.7. The van der Waals surface area contributed by atoms with Crippen molar-refractivity contribution in [3.63, 3.8) is 0 Å². The second-order valence-corrected chi connectivity index (χ2v) is 5.55. The van der Waals surface area contributed by atoms with Crippen molar-refractivity contribution < 1.29 is 19.5 Å². The molecule has 0 unspecified atom stereocenters. The van der Waals surface area contributed by atoms with Crippen molar-refractivity contribution in [2.45, 2.75) is 11.3 Å². The van der Waals surface area contributed by atoms with Crippen molar-refractivity contribution in [2.75, 3.05) is 24.7 Å². The van der Waals surface area contributed by atoms with Gasteiger partial charge in [-0.2, -0.15) is 0 Å². The third-order valence-corrected chi connectivity index (χ3v) is 3.88. The van der Waals surface area contributed by atoms with Crippen LogP contribution in [0, 0.1) is 0 Å². The lowest BCUT2D eigenvalue weighted by molar-refractivity contribution is -0.137. The van der Waals surface area contributed by atoms with Crippen molar-refractivity contribution in [1.82, 2.24) is 4.90 Å². The van der Waals surface area contributed by atoms with Gasteiger partial charge in [-0.25, -0.2) is 0 Å². The second-order valence-electron chi connectivity index (χ2n) is 4.41. The maximum absolute atomic E-state index is 12.1. The van der Waals surface area contributed by atoms with Gasteiger partial charge in [0, 0.05) is 29.7 Å². The number of thioether (sulfide) groups is 1. The molecule has 7 heteroatoms. The summed E-state index contributed by atoms with van der Waals surface area (Å²) in [7, 11) is 1.43. The molecule has 1 heterocycles. The third-order valence-electron chi connectivity index (χ3n) is 2.81. The van der Waals surface area contributed by atoms with Gasteiger partial charge in [-0.1, -0.05) is 0 Å². The van der Waals surface area contributed by atoms with Crippen molar-refractivity contribution in [1.29, 1.82) is 0 Å². The van der Waals surface area contributed by atoms with Crippen molar-refractivity contribution in [2.24, 2.45) is 0 Å². The topological polar surface area (TPSA) is 86.7 Å². The lowest BCUT2D eigenvalue weighted by atomic mass is 10.1. The van der Waals surface area contributed by atoms with Gasteiger partial charge in [-0.3, -0.25) is 14.4 Å². The van der Waals surface area contributed by atoms with Gasteiger partial charge >= 0.3 is 5.97 Å². The van der Waals surface area contributed by atoms with Crippen LogP contribution in [0.3, 0.4) is 0 Å². The third kappa shape index (κ3) is 3.30. The largest absolute Gasteiger partial charge is 0.480 e. The number of carbonyl (C=O) groups excluding carboxylic acids is 2. The van der Waals surface area contributed by atoms with E-state index < -0.39 is 11.9 Å². The summed E-state index contributed by atoms with van der Waals surface area (Å²) in [5, 5.41) is 11.4. The molecule has 2 rings (SSSR count). The van der Waals surface area contributed by atoms with E-state index in [-0.39, 0.29) is 12.5 Å². The lowest BCUT2D eigenvalue weighted by Crippen LogP contribution is -2.31. The monoisotopic (exact) mass is 294 g/mol. The first-order chi connectivity index (χ1) is 9.47. The molecule has 1 aromatic carbocycles. The summed E-state index contributed by atoms with van der Waals surface area (Å²) in [5.41, 5.74) is 0.961. The number of benzene rings is 1. The van der Waals surface area contributed by atoms with Gasteiger partial charge in [-0.15, -0.1) is 11.8 Å². The Hall–Kier alpha value is -2.02. The van der Waals surface area contributed by atoms with Crippen molar-refractivity contribution >= 4 is 35.2 Å². The number of fused-ring (bicyclic) bond motifs is 1. The van der Waals surface area contributed by atoms with E-state index in [9.17, 15) is 14.4 Å². The fourth-order valence-corrected chi connectivity index (χ4v) is 2.79. The quantitative estimate of drug-likeness (QED) is 0.877. The predicted molar refractivity (Wildman–Crippen MR) is 75.0 cm³/mol. The molecule has 0 spiro atoms. The number of carbonyl (C=O) groups is 3. The SMILES string of the molecule is CN(CC(=O)O)C(=O)c1ccc2c(c1)NC(=O)CCS2. The Kier molecular flexibility index (Phi) is 4.29. The molecule has 1 aliphatic rings. The summed E-state index contributed by atoms with van der Waals surface area (Å²) in [6.07, 6.45) is 0.432. The number of aliphatic carboxylic acids is 1. The van der Waals surface area contributed by atoms with Crippen LogP contribution >= 0.6 is 11.8 Å². The van der Waals surface area contributed by atoms with E-state index in [1.165, 1.54) is 7.05 Å². The number of hydrogen-bond acceptors (Lipinski definition) is 4. The normalized spacial score (nSPS) is 13.9. The molecule has 20 heavy (non-hydrogen) atoms. The van der Waals surface area contributed by atoms with Crippen molar-refractivity contribution in [3.8, 4) is 0 Å². The summed E-state index contributed by atoms with van der Waals surface area (Å²) in [4.78, 5) is 36.2. The van der Waals surface area contributed by atoms with Gasteiger partial charge < -0.3 is 15.3 Å². The van der Waals surface area contributed by atoms with E-state index >= 15 is 0 Å². The van der Waals surface area contributed by atoms with Gasteiger partial charge in [0.25, 0.3) is 5.91 Å². The lowest BCUT2D eigenvalue weighted by Gasteiger charge is -2.15. The van der Waals surface area contributed by atoms with Crippen LogP contribution in [0.25, 0.3) is 0 Å². The van der Waals surface area contributed by atoms with Crippen LogP contribution < -0.4 is 5.32 Å². The van der Waals surface area contributed by atoms with Gasteiger partial charge in [0.05, 0.1) is 5.69 Å². The van der Waals surface area contributed by atoms with E-state index in [1.807, 2.05) is 0 Å². The van der Waals surface area contributed by atoms with Crippen LogP contribution in [0.5, 0.6) is 0 Å². The Labute approximate surface area is 120 Å². The summed E-state index contributed by atoms with van der Waals surface area (Å²) in [5.74, 6) is -0.844. The van der Waals surface area contributed by atoms with E-state index in [2.05, 4.69) is 5.32 Å². The number of carboxylic acid groups (broad SMARTS) is 1.